The zero-order chi connectivity index (χ0) is 19.3. The normalized spacial score (nSPS) is 10.6. The quantitative estimate of drug-likeness (QED) is 0.396. The van der Waals surface area contributed by atoms with Crippen molar-refractivity contribution in [2.24, 2.45) is 0 Å². The second-order valence-corrected chi connectivity index (χ2v) is 8.06. The van der Waals surface area contributed by atoms with Crippen molar-refractivity contribution in [2.75, 3.05) is 0 Å². The molecule has 1 heterocycles. The largest absolute Gasteiger partial charge is 0.348 e. The van der Waals surface area contributed by atoms with Gasteiger partial charge in [-0.1, -0.05) is 70.5 Å². The number of halogens is 1. The summed E-state index contributed by atoms with van der Waals surface area (Å²) in [7, 11) is 0. The number of aromatic nitrogens is 1. The van der Waals surface area contributed by atoms with E-state index in [0.29, 0.717) is 12.1 Å². The van der Waals surface area contributed by atoms with Gasteiger partial charge in [0.25, 0.3) is 5.91 Å². The van der Waals surface area contributed by atoms with Crippen LogP contribution in [0, 0.1) is 0 Å². The fraction of sp³-hybridized carbons (Fsp3) is 0.0435. The molecule has 0 spiro atoms. The number of nitrogens with one attached hydrogen (secondary N) is 1. The van der Waals surface area contributed by atoms with E-state index in [1.54, 1.807) is 23.5 Å². The van der Waals surface area contributed by atoms with Crippen molar-refractivity contribution in [3.63, 3.8) is 0 Å². The number of carbonyl (C=O) groups is 1. The van der Waals surface area contributed by atoms with Crippen LogP contribution in [0.25, 0.3) is 21.8 Å². The van der Waals surface area contributed by atoms with Gasteiger partial charge in [-0.3, -0.25) is 4.79 Å². The zero-order valence-electron chi connectivity index (χ0n) is 14.9. The Balaban J connectivity index is 1.41. The van der Waals surface area contributed by atoms with Gasteiger partial charge in [0.1, 0.15) is 5.01 Å². The molecular weight excluding hydrogens is 432 g/mol. The van der Waals surface area contributed by atoms with Crippen LogP contribution in [0.3, 0.4) is 0 Å². The standard InChI is InChI=1S/C23H17BrN2OS/c24-20-12-10-18(11-13-20)22(27)25-14-16-6-8-19(9-7-16)23-26-21(15-28-23)17-4-2-1-3-5-17/h1-13,15H,14H2,(H,25,27). The van der Waals surface area contributed by atoms with Gasteiger partial charge in [-0.25, -0.2) is 4.98 Å². The van der Waals surface area contributed by atoms with Crippen molar-refractivity contribution in [1.29, 1.82) is 0 Å². The van der Waals surface area contributed by atoms with Gasteiger partial charge in [-0.05, 0) is 29.8 Å². The first-order valence-corrected chi connectivity index (χ1v) is 10.5. The number of hydrogen-bond acceptors (Lipinski definition) is 3. The van der Waals surface area contributed by atoms with Crippen LogP contribution >= 0.6 is 27.3 Å². The molecule has 1 aromatic heterocycles. The molecule has 0 radical (unpaired) electrons. The van der Waals surface area contributed by atoms with Crippen molar-refractivity contribution >= 4 is 33.2 Å². The first kappa shape index (κ1) is 18.6. The Morgan fingerprint density at radius 3 is 2.32 bits per heavy atom. The van der Waals surface area contributed by atoms with Crippen LogP contribution in [0.15, 0.2) is 88.7 Å². The lowest BCUT2D eigenvalue weighted by Gasteiger charge is -2.06. The first-order valence-electron chi connectivity index (χ1n) is 8.83. The van der Waals surface area contributed by atoms with Crippen molar-refractivity contribution < 1.29 is 4.79 Å². The summed E-state index contributed by atoms with van der Waals surface area (Å²) in [6.45, 7) is 0.488. The third kappa shape index (κ3) is 4.38. The minimum atomic E-state index is -0.0796. The molecule has 28 heavy (non-hydrogen) atoms. The predicted octanol–water partition coefficient (Wildman–Crippen LogP) is 6.17. The van der Waals surface area contributed by atoms with Crippen LogP contribution in [-0.4, -0.2) is 10.9 Å². The molecule has 0 saturated heterocycles. The van der Waals surface area contributed by atoms with Gasteiger partial charge in [-0.2, -0.15) is 0 Å². The minimum absolute atomic E-state index is 0.0796. The molecule has 3 nitrogen and oxygen atoms in total. The molecule has 138 valence electrons. The van der Waals surface area contributed by atoms with Gasteiger partial charge >= 0.3 is 0 Å². The van der Waals surface area contributed by atoms with Gasteiger partial charge in [0, 0.05) is 33.1 Å². The molecule has 0 aliphatic heterocycles. The topological polar surface area (TPSA) is 42.0 Å². The van der Waals surface area contributed by atoms with Crippen LogP contribution in [0.5, 0.6) is 0 Å². The van der Waals surface area contributed by atoms with Gasteiger partial charge in [0.2, 0.25) is 0 Å². The summed E-state index contributed by atoms with van der Waals surface area (Å²) >= 11 is 5.01. The average Bonchev–Trinajstić information content (AvgIpc) is 3.24. The molecule has 0 bridgehead atoms. The highest BCUT2D eigenvalue weighted by Gasteiger charge is 2.08. The summed E-state index contributed by atoms with van der Waals surface area (Å²) in [6.07, 6.45) is 0. The van der Waals surface area contributed by atoms with E-state index in [2.05, 4.69) is 50.9 Å². The van der Waals surface area contributed by atoms with Gasteiger partial charge in [-0.15, -0.1) is 11.3 Å². The highest BCUT2D eigenvalue weighted by Crippen LogP contribution is 2.28. The number of nitrogens with zero attached hydrogens (tertiary/aromatic N) is 1. The Labute approximate surface area is 176 Å². The molecule has 1 N–H and O–H groups in total. The van der Waals surface area contributed by atoms with Crippen LogP contribution in [0.4, 0.5) is 0 Å². The number of rotatable bonds is 5. The molecule has 1 amide bonds. The van der Waals surface area contributed by atoms with E-state index < -0.39 is 0 Å². The van der Waals surface area contributed by atoms with Crippen LogP contribution in [0.2, 0.25) is 0 Å². The molecule has 0 fully saturated rings. The lowest BCUT2D eigenvalue weighted by Crippen LogP contribution is -2.22. The maximum absolute atomic E-state index is 12.2. The molecule has 4 aromatic rings. The van der Waals surface area contributed by atoms with Crippen molar-refractivity contribution in [3.8, 4) is 21.8 Å². The Morgan fingerprint density at radius 2 is 1.61 bits per heavy atom. The second kappa shape index (κ2) is 8.50. The molecule has 0 aliphatic carbocycles. The van der Waals surface area contributed by atoms with E-state index in [-0.39, 0.29) is 5.91 Å². The summed E-state index contributed by atoms with van der Waals surface area (Å²) in [5, 5.41) is 6.02. The van der Waals surface area contributed by atoms with E-state index in [4.69, 9.17) is 4.98 Å². The van der Waals surface area contributed by atoms with Gasteiger partial charge < -0.3 is 5.32 Å². The molecule has 0 atom stereocenters. The summed E-state index contributed by atoms with van der Waals surface area (Å²) in [6, 6.07) is 25.7. The summed E-state index contributed by atoms with van der Waals surface area (Å²) < 4.78 is 0.956. The van der Waals surface area contributed by atoms with E-state index in [1.807, 2.05) is 42.5 Å². The maximum atomic E-state index is 12.2. The molecule has 0 saturated carbocycles. The van der Waals surface area contributed by atoms with Crippen LogP contribution in [0.1, 0.15) is 15.9 Å². The lowest BCUT2D eigenvalue weighted by atomic mass is 10.1. The van der Waals surface area contributed by atoms with E-state index in [9.17, 15) is 4.79 Å². The van der Waals surface area contributed by atoms with Gasteiger partial charge in [0.05, 0.1) is 5.69 Å². The highest BCUT2D eigenvalue weighted by atomic mass is 79.9. The smallest absolute Gasteiger partial charge is 0.251 e. The number of carbonyl (C=O) groups excluding carboxylic acids is 1. The number of hydrogen-bond donors (Lipinski definition) is 1. The molecular formula is C23H17BrN2OS. The monoisotopic (exact) mass is 448 g/mol. The average molecular weight is 449 g/mol. The SMILES string of the molecule is O=C(NCc1ccc(-c2nc(-c3ccccc3)cs2)cc1)c1ccc(Br)cc1. The molecule has 4 rings (SSSR count). The van der Waals surface area contributed by atoms with Crippen LogP contribution in [-0.2, 0) is 6.54 Å². The Kier molecular flexibility index (Phi) is 5.65. The molecule has 3 aromatic carbocycles. The molecule has 0 unspecified atom stereocenters. The highest BCUT2D eigenvalue weighted by molar-refractivity contribution is 9.10. The molecule has 5 heteroatoms. The third-order valence-electron chi connectivity index (χ3n) is 4.33. The lowest BCUT2D eigenvalue weighted by molar-refractivity contribution is 0.0951. The zero-order valence-corrected chi connectivity index (χ0v) is 17.3. The third-order valence-corrected chi connectivity index (χ3v) is 5.75. The fourth-order valence-electron chi connectivity index (χ4n) is 2.80. The molecule has 0 aliphatic rings. The Hall–Kier alpha value is -2.76. The van der Waals surface area contributed by atoms with E-state index in [0.717, 1.165) is 31.9 Å². The Bertz CT molecular complexity index is 1070. The predicted molar refractivity (Wildman–Crippen MR) is 118 cm³/mol. The summed E-state index contributed by atoms with van der Waals surface area (Å²) in [5.74, 6) is -0.0796. The minimum Gasteiger partial charge on any atom is -0.348 e. The van der Waals surface area contributed by atoms with E-state index >= 15 is 0 Å². The van der Waals surface area contributed by atoms with Crippen molar-refractivity contribution in [1.82, 2.24) is 10.3 Å². The number of thiazole rings is 1. The van der Waals surface area contributed by atoms with E-state index in [1.165, 1.54) is 0 Å². The summed E-state index contributed by atoms with van der Waals surface area (Å²) in [5.41, 5.74) is 4.89. The Morgan fingerprint density at radius 1 is 0.893 bits per heavy atom. The number of amides is 1. The maximum Gasteiger partial charge on any atom is 0.251 e. The number of benzene rings is 3. The summed E-state index contributed by atoms with van der Waals surface area (Å²) in [4.78, 5) is 17.0. The second-order valence-electron chi connectivity index (χ2n) is 6.29. The van der Waals surface area contributed by atoms with Crippen molar-refractivity contribution in [2.45, 2.75) is 6.54 Å². The van der Waals surface area contributed by atoms with Gasteiger partial charge in [0.15, 0.2) is 0 Å². The van der Waals surface area contributed by atoms with Crippen LogP contribution < -0.4 is 5.32 Å². The van der Waals surface area contributed by atoms with Crippen molar-refractivity contribution in [3.05, 3.63) is 99.8 Å². The first-order chi connectivity index (χ1) is 13.7. The fourth-order valence-corrected chi connectivity index (χ4v) is 3.90.